The summed E-state index contributed by atoms with van der Waals surface area (Å²) in [4.78, 5) is 20.0. The van der Waals surface area contributed by atoms with Crippen LogP contribution < -0.4 is 9.64 Å². The molecule has 4 aromatic rings. The highest BCUT2D eigenvalue weighted by Crippen LogP contribution is 2.36. The van der Waals surface area contributed by atoms with E-state index in [2.05, 4.69) is 55.7 Å². The zero-order valence-electron chi connectivity index (χ0n) is 20.1. The number of anilines is 1. The topological polar surface area (TPSA) is 47.4 Å². The van der Waals surface area contributed by atoms with E-state index in [0.29, 0.717) is 26.1 Å². The van der Waals surface area contributed by atoms with Gasteiger partial charge in [-0.2, -0.15) is 0 Å². The van der Waals surface area contributed by atoms with Crippen LogP contribution in [-0.2, 0) is 17.8 Å². The molecule has 1 saturated heterocycles. The summed E-state index contributed by atoms with van der Waals surface area (Å²) in [6.45, 7) is 8.16. The quantitative estimate of drug-likeness (QED) is 0.354. The molecule has 1 aromatic heterocycles. The smallest absolute Gasteiger partial charge is 0.227 e. The van der Waals surface area contributed by atoms with Gasteiger partial charge in [-0.15, -0.1) is 0 Å². The third-order valence-electron chi connectivity index (χ3n) is 6.80. The Morgan fingerprint density at radius 2 is 1.71 bits per heavy atom. The number of nitrogens with zero attached hydrogens (tertiary/aromatic N) is 3. The zero-order chi connectivity index (χ0) is 23.7. The minimum absolute atomic E-state index is 0.0442. The molecule has 3 aromatic carbocycles. The van der Waals surface area contributed by atoms with Gasteiger partial charge in [0.15, 0.2) is 0 Å². The minimum Gasteiger partial charge on any atom is -0.492 e. The Labute approximate surface area is 201 Å². The highest BCUT2D eigenvalue weighted by molar-refractivity contribution is 5.98. The number of rotatable bonds is 7. The molecule has 0 aliphatic carbocycles. The second-order valence-corrected chi connectivity index (χ2v) is 9.10. The maximum absolute atomic E-state index is 13.1. The van der Waals surface area contributed by atoms with Crippen molar-refractivity contribution >= 4 is 22.6 Å². The Morgan fingerprint density at radius 1 is 0.971 bits per heavy atom. The van der Waals surface area contributed by atoms with Crippen molar-refractivity contribution in [1.82, 2.24) is 9.55 Å². The first kappa shape index (κ1) is 22.2. The Bertz CT molecular complexity index is 1300. The van der Waals surface area contributed by atoms with Crippen molar-refractivity contribution < 1.29 is 9.53 Å². The second kappa shape index (κ2) is 9.34. The standard InChI is InChI=1S/C29H31N3O2/c1-4-22-12-14-24(15-13-22)34-17-16-31-26-11-6-5-10-25(26)30-29(31)23-18-27(33)32(19-23)28-20(2)8-7-9-21(28)3/h5-15,23H,4,16-19H2,1-3H3/t23-/m0/s1. The van der Waals surface area contributed by atoms with Crippen molar-refractivity contribution in [3.63, 3.8) is 0 Å². The number of benzene rings is 3. The first-order chi connectivity index (χ1) is 16.5. The SMILES string of the molecule is CCc1ccc(OCCn2c([C@H]3CC(=O)N(c4c(C)cccc4C)C3)nc3ccccc32)cc1. The molecule has 5 nitrogen and oxygen atoms in total. The molecular weight excluding hydrogens is 422 g/mol. The van der Waals surface area contributed by atoms with Crippen LogP contribution in [0.3, 0.4) is 0 Å². The molecular formula is C29H31N3O2. The van der Waals surface area contributed by atoms with Crippen molar-refractivity contribution in [3.05, 3.63) is 89.2 Å². The van der Waals surface area contributed by atoms with Crippen LogP contribution in [0.5, 0.6) is 5.75 Å². The molecule has 1 aliphatic rings. The number of fused-ring (bicyclic) bond motifs is 1. The molecule has 5 heteroatoms. The van der Waals surface area contributed by atoms with Crippen LogP contribution in [0.2, 0.25) is 0 Å². The lowest BCUT2D eigenvalue weighted by atomic mass is 10.1. The maximum Gasteiger partial charge on any atom is 0.227 e. The van der Waals surface area contributed by atoms with Crippen molar-refractivity contribution in [2.45, 2.75) is 46.1 Å². The first-order valence-electron chi connectivity index (χ1n) is 12.1. The van der Waals surface area contributed by atoms with Crippen LogP contribution >= 0.6 is 0 Å². The van der Waals surface area contributed by atoms with Gasteiger partial charge in [0.25, 0.3) is 0 Å². The van der Waals surface area contributed by atoms with Gasteiger partial charge in [0, 0.05) is 24.6 Å². The summed E-state index contributed by atoms with van der Waals surface area (Å²) in [5, 5.41) is 0. The number of carbonyl (C=O) groups excluding carboxylic acids is 1. The number of amides is 1. The molecule has 1 amide bonds. The fraction of sp³-hybridized carbons (Fsp3) is 0.310. The predicted octanol–water partition coefficient (Wildman–Crippen LogP) is 5.82. The number of carbonyl (C=O) groups is 1. The van der Waals surface area contributed by atoms with Gasteiger partial charge in [0.1, 0.15) is 18.2 Å². The van der Waals surface area contributed by atoms with E-state index in [1.807, 2.05) is 41.3 Å². The van der Waals surface area contributed by atoms with Crippen molar-refractivity contribution in [1.29, 1.82) is 0 Å². The summed E-state index contributed by atoms with van der Waals surface area (Å²) in [6.07, 6.45) is 1.49. The largest absolute Gasteiger partial charge is 0.492 e. The van der Waals surface area contributed by atoms with E-state index in [4.69, 9.17) is 9.72 Å². The van der Waals surface area contributed by atoms with E-state index in [-0.39, 0.29) is 11.8 Å². The van der Waals surface area contributed by atoms with Crippen LogP contribution in [0, 0.1) is 13.8 Å². The van der Waals surface area contributed by atoms with Gasteiger partial charge in [0.2, 0.25) is 5.91 Å². The second-order valence-electron chi connectivity index (χ2n) is 9.10. The Morgan fingerprint density at radius 3 is 2.44 bits per heavy atom. The van der Waals surface area contributed by atoms with E-state index in [1.165, 1.54) is 5.56 Å². The lowest BCUT2D eigenvalue weighted by Gasteiger charge is -2.21. The lowest BCUT2D eigenvalue weighted by molar-refractivity contribution is -0.117. The average molecular weight is 454 g/mol. The molecule has 0 saturated carbocycles. The monoisotopic (exact) mass is 453 g/mol. The molecule has 1 fully saturated rings. The highest BCUT2D eigenvalue weighted by Gasteiger charge is 2.35. The number of imidazole rings is 1. The van der Waals surface area contributed by atoms with Crippen LogP contribution in [0.15, 0.2) is 66.7 Å². The van der Waals surface area contributed by atoms with Gasteiger partial charge < -0.3 is 14.2 Å². The summed E-state index contributed by atoms with van der Waals surface area (Å²) in [5.41, 5.74) is 6.64. The molecule has 5 rings (SSSR count). The van der Waals surface area contributed by atoms with Crippen LogP contribution in [-0.4, -0.2) is 28.6 Å². The Kier molecular flexibility index (Phi) is 6.10. The fourth-order valence-corrected chi connectivity index (χ4v) is 5.05. The number of aromatic nitrogens is 2. The molecule has 174 valence electrons. The maximum atomic E-state index is 13.1. The van der Waals surface area contributed by atoms with E-state index < -0.39 is 0 Å². The van der Waals surface area contributed by atoms with Crippen LogP contribution in [0.4, 0.5) is 5.69 Å². The van der Waals surface area contributed by atoms with Crippen LogP contribution in [0.25, 0.3) is 11.0 Å². The number of hydrogen-bond acceptors (Lipinski definition) is 3. The number of aryl methyl sites for hydroxylation is 3. The molecule has 1 atom stereocenters. The summed E-state index contributed by atoms with van der Waals surface area (Å²) in [6, 6.07) is 22.7. The fourth-order valence-electron chi connectivity index (χ4n) is 5.05. The third-order valence-corrected chi connectivity index (χ3v) is 6.80. The van der Waals surface area contributed by atoms with E-state index in [0.717, 1.165) is 45.8 Å². The molecule has 0 N–H and O–H groups in total. The van der Waals surface area contributed by atoms with Gasteiger partial charge in [0.05, 0.1) is 17.6 Å². The molecule has 0 spiro atoms. The molecule has 0 unspecified atom stereocenters. The van der Waals surface area contributed by atoms with E-state index in [1.54, 1.807) is 0 Å². The number of hydrogen-bond donors (Lipinski definition) is 0. The Hall–Kier alpha value is -3.60. The van der Waals surface area contributed by atoms with E-state index >= 15 is 0 Å². The molecule has 0 bridgehead atoms. The average Bonchev–Trinajstić information content (AvgIpc) is 3.40. The first-order valence-corrected chi connectivity index (χ1v) is 12.1. The summed E-state index contributed by atoms with van der Waals surface area (Å²) < 4.78 is 8.30. The van der Waals surface area contributed by atoms with Gasteiger partial charge in [-0.3, -0.25) is 4.79 Å². The molecule has 1 aliphatic heterocycles. The third kappa shape index (κ3) is 4.18. The van der Waals surface area contributed by atoms with Crippen molar-refractivity contribution in [3.8, 4) is 5.75 Å². The van der Waals surface area contributed by atoms with Crippen molar-refractivity contribution in [2.24, 2.45) is 0 Å². The highest BCUT2D eigenvalue weighted by atomic mass is 16.5. The predicted molar refractivity (Wildman–Crippen MR) is 137 cm³/mol. The van der Waals surface area contributed by atoms with Gasteiger partial charge in [-0.05, 0) is 61.2 Å². The molecule has 34 heavy (non-hydrogen) atoms. The van der Waals surface area contributed by atoms with Gasteiger partial charge in [-0.1, -0.05) is 49.4 Å². The number of para-hydroxylation sites is 3. The lowest BCUT2D eigenvalue weighted by Crippen LogP contribution is -2.26. The van der Waals surface area contributed by atoms with E-state index in [9.17, 15) is 4.79 Å². The van der Waals surface area contributed by atoms with Gasteiger partial charge >= 0.3 is 0 Å². The van der Waals surface area contributed by atoms with Gasteiger partial charge in [-0.25, -0.2) is 4.98 Å². The zero-order valence-corrected chi connectivity index (χ0v) is 20.1. The summed E-state index contributed by atoms with van der Waals surface area (Å²) in [7, 11) is 0. The molecule has 2 heterocycles. The van der Waals surface area contributed by atoms with Crippen molar-refractivity contribution in [2.75, 3.05) is 18.1 Å². The Balaban J connectivity index is 1.40. The normalized spacial score (nSPS) is 15.9. The summed E-state index contributed by atoms with van der Waals surface area (Å²) >= 11 is 0. The molecule has 0 radical (unpaired) electrons. The van der Waals surface area contributed by atoms with Crippen LogP contribution in [0.1, 0.15) is 41.8 Å². The number of ether oxygens (including phenoxy) is 1. The summed E-state index contributed by atoms with van der Waals surface area (Å²) in [5.74, 6) is 2.05. The minimum atomic E-state index is 0.0442.